The Morgan fingerprint density at radius 2 is 1.70 bits per heavy atom. The van der Waals surface area contributed by atoms with Crippen molar-refractivity contribution in [3.05, 3.63) is 48.3 Å². The number of carbonyl (C=O) groups is 2. The molecule has 1 unspecified atom stereocenters. The monoisotopic (exact) mass is 377 g/mol. The molecule has 0 fully saturated rings. The van der Waals surface area contributed by atoms with Crippen molar-refractivity contribution in [1.29, 1.82) is 0 Å². The molecule has 1 N–H and O–H groups in total. The highest BCUT2D eigenvalue weighted by Gasteiger charge is 2.19. The summed E-state index contributed by atoms with van der Waals surface area (Å²) in [7, 11) is 2.99. The number of halogens is 1. The van der Waals surface area contributed by atoms with E-state index >= 15 is 0 Å². The van der Waals surface area contributed by atoms with E-state index in [1.807, 2.05) is 0 Å². The van der Waals surface area contributed by atoms with E-state index in [1.165, 1.54) is 45.4 Å². The van der Waals surface area contributed by atoms with Crippen LogP contribution in [0.1, 0.15) is 6.92 Å². The zero-order valence-corrected chi connectivity index (χ0v) is 15.2. The Kier molecular flexibility index (Phi) is 6.99. The molecular formula is C19H20FNO6. The van der Waals surface area contributed by atoms with E-state index in [4.69, 9.17) is 18.9 Å². The molecule has 1 atom stereocenters. The fraction of sp³-hybridized carbons (Fsp3) is 0.263. The van der Waals surface area contributed by atoms with Gasteiger partial charge in [-0.2, -0.15) is 0 Å². The highest BCUT2D eigenvalue weighted by atomic mass is 19.1. The van der Waals surface area contributed by atoms with Crippen molar-refractivity contribution in [1.82, 2.24) is 0 Å². The van der Waals surface area contributed by atoms with Crippen LogP contribution in [0.3, 0.4) is 0 Å². The first-order chi connectivity index (χ1) is 12.9. The number of nitrogens with one attached hydrogen (secondary N) is 1. The predicted molar refractivity (Wildman–Crippen MR) is 95.6 cm³/mol. The van der Waals surface area contributed by atoms with E-state index in [9.17, 15) is 14.0 Å². The van der Waals surface area contributed by atoms with Gasteiger partial charge in [0.15, 0.2) is 24.2 Å². The molecule has 2 aromatic carbocycles. The standard InChI is InChI=1S/C19H20FNO6/c1-12(27-18(22)11-26-15-7-4-13(20)5-8-15)19(23)21-14-6-9-16(24-2)17(10-14)25-3/h4-10,12H,11H2,1-3H3,(H,21,23). The molecule has 0 aliphatic rings. The molecule has 2 rings (SSSR count). The Bertz CT molecular complexity index is 793. The zero-order valence-electron chi connectivity index (χ0n) is 15.2. The maximum Gasteiger partial charge on any atom is 0.344 e. The maximum atomic E-state index is 12.8. The van der Waals surface area contributed by atoms with Crippen molar-refractivity contribution in [3.63, 3.8) is 0 Å². The molecule has 0 aromatic heterocycles. The first-order valence-electron chi connectivity index (χ1n) is 8.03. The number of hydrogen-bond acceptors (Lipinski definition) is 6. The van der Waals surface area contributed by atoms with Gasteiger partial charge >= 0.3 is 5.97 Å². The van der Waals surface area contributed by atoms with Crippen LogP contribution in [0.15, 0.2) is 42.5 Å². The van der Waals surface area contributed by atoms with Gasteiger partial charge in [-0.3, -0.25) is 4.79 Å². The summed E-state index contributed by atoms with van der Waals surface area (Å²) in [5.41, 5.74) is 0.461. The minimum atomic E-state index is -1.04. The molecule has 0 aliphatic carbocycles. The van der Waals surface area contributed by atoms with Crippen LogP contribution in [-0.2, 0) is 14.3 Å². The lowest BCUT2D eigenvalue weighted by atomic mass is 10.2. The normalized spacial score (nSPS) is 11.3. The van der Waals surface area contributed by atoms with Crippen molar-refractivity contribution in [3.8, 4) is 17.2 Å². The highest BCUT2D eigenvalue weighted by molar-refractivity contribution is 5.95. The van der Waals surface area contributed by atoms with Crippen LogP contribution >= 0.6 is 0 Å². The summed E-state index contributed by atoms with van der Waals surface area (Å²) in [6.07, 6.45) is -1.04. The molecule has 7 nitrogen and oxygen atoms in total. The Labute approximate surface area is 156 Å². The molecule has 0 heterocycles. The van der Waals surface area contributed by atoms with Gasteiger partial charge in [0.1, 0.15) is 11.6 Å². The minimum Gasteiger partial charge on any atom is -0.493 e. The number of rotatable bonds is 8. The SMILES string of the molecule is COc1ccc(NC(=O)C(C)OC(=O)COc2ccc(F)cc2)cc1OC. The number of benzene rings is 2. The summed E-state index contributed by atoms with van der Waals surface area (Å²) in [5, 5.41) is 2.62. The van der Waals surface area contributed by atoms with Gasteiger partial charge in [0.05, 0.1) is 14.2 Å². The summed E-state index contributed by atoms with van der Waals surface area (Å²) in [5.74, 6) is -0.367. The molecule has 0 saturated carbocycles. The quantitative estimate of drug-likeness (QED) is 0.713. The largest absolute Gasteiger partial charge is 0.493 e. The molecule has 8 heteroatoms. The van der Waals surface area contributed by atoms with E-state index in [-0.39, 0.29) is 0 Å². The van der Waals surface area contributed by atoms with E-state index in [2.05, 4.69) is 5.32 Å². The second-order valence-corrected chi connectivity index (χ2v) is 5.43. The molecule has 0 aliphatic heterocycles. The molecule has 0 bridgehead atoms. The second kappa shape index (κ2) is 9.42. The Balaban J connectivity index is 1.85. The number of amides is 1. The van der Waals surface area contributed by atoms with Gasteiger partial charge in [0, 0.05) is 11.8 Å². The van der Waals surface area contributed by atoms with Crippen LogP contribution in [0.25, 0.3) is 0 Å². The van der Waals surface area contributed by atoms with Crippen molar-refractivity contribution in [2.75, 3.05) is 26.1 Å². The fourth-order valence-electron chi connectivity index (χ4n) is 2.12. The first-order valence-corrected chi connectivity index (χ1v) is 8.03. The third-order valence-electron chi connectivity index (χ3n) is 3.50. The number of carbonyl (C=O) groups excluding carboxylic acids is 2. The molecule has 0 radical (unpaired) electrons. The molecule has 0 spiro atoms. The fourth-order valence-corrected chi connectivity index (χ4v) is 2.12. The summed E-state index contributed by atoms with van der Waals surface area (Å²) in [4.78, 5) is 24.0. The van der Waals surface area contributed by atoms with E-state index < -0.39 is 30.4 Å². The van der Waals surface area contributed by atoms with Crippen LogP contribution < -0.4 is 19.5 Å². The third-order valence-corrected chi connectivity index (χ3v) is 3.50. The summed E-state index contributed by atoms with van der Waals surface area (Å²) in [6.45, 7) is 1.03. The van der Waals surface area contributed by atoms with Gasteiger partial charge in [0.2, 0.25) is 0 Å². The molecule has 1 amide bonds. The van der Waals surface area contributed by atoms with Gasteiger partial charge < -0.3 is 24.3 Å². The van der Waals surface area contributed by atoms with Gasteiger partial charge in [-0.25, -0.2) is 9.18 Å². The number of methoxy groups -OCH3 is 2. The van der Waals surface area contributed by atoms with Gasteiger partial charge in [0.25, 0.3) is 5.91 Å². The van der Waals surface area contributed by atoms with Gasteiger partial charge in [-0.05, 0) is 43.3 Å². The van der Waals surface area contributed by atoms with E-state index in [0.29, 0.717) is 22.9 Å². The lowest BCUT2D eigenvalue weighted by molar-refractivity contribution is -0.155. The molecule has 144 valence electrons. The summed E-state index contributed by atoms with van der Waals surface area (Å²) in [6, 6.07) is 10.0. The van der Waals surface area contributed by atoms with Crippen LogP contribution in [0, 0.1) is 5.82 Å². The highest BCUT2D eigenvalue weighted by Crippen LogP contribution is 2.29. The van der Waals surface area contributed by atoms with Crippen LogP contribution in [0.4, 0.5) is 10.1 Å². The van der Waals surface area contributed by atoms with Gasteiger partial charge in [-0.15, -0.1) is 0 Å². The number of ether oxygens (including phenoxy) is 4. The summed E-state index contributed by atoms with van der Waals surface area (Å²) < 4.78 is 33.3. The van der Waals surface area contributed by atoms with Crippen LogP contribution in [0.2, 0.25) is 0 Å². The topological polar surface area (TPSA) is 83.1 Å². The molecule has 0 saturated heterocycles. The van der Waals surface area contributed by atoms with Gasteiger partial charge in [-0.1, -0.05) is 0 Å². The zero-order chi connectivity index (χ0) is 19.8. The Hall–Kier alpha value is -3.29. The van der Waals surface area contributed by atoms with Crippen molar-refractivity contribution in [2.45, 2.75) is 13.0 Å². The average molecular weight is 377 g/mol. The Morgan fingerprint density at radius 3 is 2.33 bits per heavy atom. The van der Waals surface area contributed by atoms with Crippen molar-refractivity contribution in [2.24, 2.45) is 0 Å². The maximum absolute atomic E-state index is 12.8. The number of anilines is 1. The molecule has 27 heavy (non-hydrogen) atoms. The smallest absolute Gasteiger partial charge is 0.344 e. The lowest BCUT2D eigenvalue weighted by Gasteiger charge is -2.15. The second-order valence-electron chi connectivity index (χ2n) is 5.43. The average Bonchev–Trinajstić information content (AvgIpc) is 2.67. The first kappa shape index (κ1) is 20.0. The Morgan fingerprint density at radius 1 is 1.04 bits per heavy atom. The lowest BCUT2D eigenvalue weighted by Crippen LogP contribution is -2.31. The minimum absolute atomic E-state index is 0.316. The molecular weight excluding hydrogens is 357 g/mol. The van der Waals surface area contributed by atoms with Crippen LogP contribution in [-0.4, -0.2) is 38.8 Å². The van der Waals surface area contributed by atoms with E-state index in [1.54, 1.807) is 18.2 Å². The van der Waals surface area contributed by atoms with Crippen LogP contribution in [0.5, 0.6) is 17.2 Å². The summed E-state index contributed by atoms with van der Waals surface area (Å²) >= 11 is 0. The predicted octanol–water partition coefficient (Wildman–Crippen LogP) is 2.79. The number of esters is 1. The third kappa shape index (κ3) is 5.88. The van der Waals surface area contributed by atoms with Crippen molar-refractivity contribution >= 4 is 17.6 Å². The molecule has 2 aromatic rings. The van der Waals surface area contributed by atoms with E-state index in [0.717, 1.165) is 0 Å². The number of hydrogen-bond donors (Lipinski definition) is 1. The van der Waals surface area contributed by atoms with Crippen molar-refractivity contribution < 1.29 is 32.9 Å².